The summed E-state index contributed by atoms with van der Waals surface area (Å²) in [6.45, 7) is 1.14. The van der Waals surface area contributed by atoms with Gasteiger partial charge in [0.05, 0.1) is 10.5 Å². The Morgan fingerprint density at radius 3 is 2.58 bits per heavy atom. The predicted molar refractivity (Wildman–Crippen MR) is 87.2 cm³/mol. The van der Waals surface area contributed by atoms with E-state index in [4.69, 9.17) is 14.7 Å². The zero-order valence-corrected chi connectivity index (χ0v) is 13.9. The Labute approximate surface area is 140 Å². The van der Waals surface area contributed by atoms with Crippen molar-refractivity contribution in [3.05, 3.63) is 53.6 Å². The number of hydrogen-bond acceptors (Lipinski definition) is 5. The molecule has 0 aromatic heterocycles. The highest BCUT2D eigenvalue weighted by Gasteiger charge is 2.24. The van der Waals surface area contributed by atoms with Gasteiger partial charge in [-0.05, 0) is 29.8 Å². The molecule has 7 heteroatoms. The zero-order chi connectivity index (χ0) is 17.2. The van der Waals surface area contributed by atoms with Crippen molar-refractivity contribution in [3.8, 4) is 17.6 Å². The Balaban J connectivity index is 1.86. The molecule has 0 amide bonds. The minimum atomic E-state index is -3.76. The van der Waals surface area contributed by atoms with Crippen molar-refractivity contribution in [2.24, 2.45) is 0 Å². The Morgan fingerprint density at radius 1 is 1.12 bits per heavy atom. The van der Waals surface area contributed by atoms with Crippen LogP contribution in [0.2, 0.25) is 0 Å². The van der Waals surface area contributed by atoms with Gasteiger partial charge in [-0.15, -0.1) is 0 Å². The van der Waals surface area contributed by atoms with Gasteiger partial charge in [0.15, 0.2) is 11.5 Å². The van der Waals surface area contributed by atoms with Gasteiger partial charge in [0.25, 0.3) is 0 Å². The lowest BCUT2D eigenvalue weighted by atomic mass is 10.2. The molecule has 24 heavy (non-hydrogen) atoms. The van der Waals surface area contributed by atoms with Crippen LogP contribution in [0.1, 0.15) is 11.1 Å². The van der Waals surface area contributed by atoms with E-state index in [2.05, 4.69) is 0 Å². The summed E-state index contributed by atoms with van der Waals surface area (Å²) in [5.74, 6) is 1.27. The van der Waals surface area contributed by atoms with E-state index >= 15 is 0 Å². The maximum atomic E-state index is 12.7. The van der Waals surface area contributed by atoms with E-state index in [0.717, 1.165) is 5.56 Å². The molecular weight excluding hydrogens is 328 g/mol. The molecule has 0 radical (unpaired) electrons. The third-order valence-electron chi connectivity index (χ3n) is 3.71. The molecule has 1 aliphatic heterocycles. The van der Waals surface area contributed by atoms with Crippen LogP contribution in [0.15, 0.2) is 47.4 Å². The summed E-state index contributed by atoms with van der Waals surface area (Å²) in [7, 11) is -2.28. The molecule has 1 heterocycles. The van der Waals surface area contributed by atoms with Gasteiger partial charge < -0.3 is 9.47 Å². The number of sulfonamides is 1. The monoisotopic (exact) mass is 344 g/mol. The van der Waals surface area contributed by atoms with E-state index in [9.17, 15) is 8.42 Å². The van der Waals surface area contributed by atoms with E-state index in [1.54, 1.807) is 30.3 Å². The van der Waals surface area contributed by atoms with Gasteiger partial charge in [-0.2, -0.15) is 9.57 Å². The van der Waals surface area contributed by atoms with Gasteiger partial charge in [0.2, 0.25) is 10.0 Å². The summed E-state index contributed by atoms with van der Waals surface area (Å²) in [6, 6.07) is 13.4. The number of nitrogens with zero attached hydrogens (tertiary/aromatic N) is 2. The second-order valence-corrected chi connectivity index (χ2v) is 7.36. The standard InChI is InChI=1S/C17H16N2O4S/c1-19(24(20,21)17-5-3-2-4-14(17)11-18)12-13-6-7-15-16(10-13)23-9-8-22-15/h2-7,10H,8-9,12H2,1H3. The van der Waals surface area contributed by atoms with Crippen molar-refractivity contribution in [1.82, 2.24) is 4.31 Å². The SMILES string of the molecule is CN(Cc1ccc2c(c1)OCCO2)S(=O)(=O)c1ccccc1C#N. The average Bonchev–Trinajstić information content (AvgIpc) is 2.61. The maximum absolute atomic E-state index is 12.7. The molecule has 0 saturated heterocycles. The first-order chi connectivity index (χ1) is 11.5. The molecule has 0 spiro atoms. The number of fused-ring (bicyclic) bond motifs is 1. The lowest BCUT2D eigenvalue weighted by Gasteiger charge is -2.21. The Hall–Kier alpha value is -2.56. The van der Waals surface area contributed by atoms with E-state index in [0.29, 0.717) is 24.7 Å². The quantitative estimate of drug-likeness (QED) is 0.849. The fourth-order valence-electron chi connectivity index (χ4n) is 2.48. The number of benzene rings is 2. The number of hydrogen-bond donors (Lipinski definition) is 0. The van der Waals surface area contributed by atoms with Crippen LogP contribution in [-0.2, 0) is 16.6 Å². The molecule has 2 aromatic rings. The third kappa shape index (κ3) is 3.07. The van der Waals surface area contributed by atoms with Gasteiger partial charge in [0, 0.05) is 13.6 Å². The van der Waals surface area contributed by atoms with Gasteiger partial charge in [-0.25, -0.2) is 8.42 Å². The second kappa shape index (κ2) is 6.51. The summed E-state index contributed by atoms with van der Waals surface area (Å²) >= 11 is 0. The van der Waals surface area contributed by atoms with Crippen LogP contribution in [0.25, 0.3) is 0 Å². The van der Waals surface area contributed by atoms with Crippen molar-refractivity contribution in [1.29, 1.82) is 5.26 Å². The first-order valence-corrected chi connectivity index (χ1v) is 8.80. The predicted octanol–water partition coefficient (Wildman–Crippen LogP) is 2.15. The summed E-state index contributed by atoms with van der Waals surface area (Å²) in [4.78, 5) is 0.00698. The van der Waals surface area contributed by atoms with Crippen molar-refractivity contribution in [2.45, 2.75) is 11.4 Å². The first kappa shape index (κ1) is 16.3. The van der Waals surface area contributed by atoms with Crippen LogP contribution < -0.4 is 9.47 Å². The van der Waals surface area contributed by atoms with Crippen molar-refractivity contribution >= 4 is 10.0 Å². The van der Waals surface area contributed by atoms with Gasteiger partial charge in [-0.3, -0.25) is 0 Å². The van der Waals surface area contributed by atoms with E-state index in [-0.39, 0.29) is 17.0 Å². The van der Waals surface area contributed by atoms with Gasteiger partial charge in [-0.1, -0.05) is 18.2 Å². The molecule has 0 fully saturated rings. The lowest BCUT2D eigenvalue weighted by Crippen LogP contribution is -2.27. The van der Waals surface area contributed by atoms with Crippen molar-refractivity contribution in [3.63, 3.8) is 0 Å². The Bertz CT molecular complexity index is 903. The molecule has 0 bridgehead atoms. The highest BCUT2D eigenvalue weighted by molar-refractivity contribution is 7.89. The van der Waals surface area contributed by atoms with Gasteiger partial charge >= 0.3 is 0 Å². The summed E-state index contributed by atoms with van der Waals surface area (Å²) in [6.07, 6.45) is 0. The first-order valence-electron chi connectivity index (χ1n) is 7.36. The van der Waals surface area contributed by atoms with E-state index < -0.39 is 10.0 Å². The van der Waals surface area contributed by atoms with Crippen LogP contribution in [0.5, 0.6) is 11.5 Å². The smallest absolute Gasteiger partial charge is 0.244 e. The Kier molecular flexibility index (Phi) is 4.42. The topological polar surface area (TPSA) is 79.6 Å². The normalized spacial score (nSPS) is 13.5. The van der Waals surface area contributed by atoms with E-state index in [1.807, 2.05) is 6.07 Å². The zero-order valence-electron chi connectivity index (χ0n) is 13.1. The molecule has 2 aromatic carbocycles. The maximum Gasteiger partial charge on any atom is 0.244 e. The third-order valence-corrected chi connectivity index (χ3v) is 5.57. The molecule has 0 atom stereocenters. The molecule has 0 aliphatic carbocycles. The highest BCUT2D eigenvalue weighted by atomic mass is 32.2. The number of nitriles is 1. The average molecular weight is 344 g/mol. The Morgan fingerprint density at radius 2 is 1.83 bits per heavy atom. The number of rotatable bonds is 4. The van der Waals surface area contributed by atoms with Crippen LogP contribution >= 0.6 is 0 Å². The van der Waals surface area contributed by atoms with Crippen LogP contribution in [-0.4, -0.2) is 33.0 Å². The van der Waals surface area contributed by atoms with Crippen LogP contribution in [0, 0.1) is 11.3 Å². The van der Waals surface area contributed by atoms with E-state index in [1.165, 1.54) is 23.5 Å². The van der Waals surface area contributed by atoms with Crippen LogP contribution in [0.3, 0.4) is 0 Å². The number of ether oxygens (including phenoxy) is 2. The summed E-state index contributed by atoms with van der Waals surface area (Å²) < 4.78 is 37.6. The second-order valence-electron chi connectivity index (χ2n) is 5.35. The minimum Gasteiger partial charge on any atom is -0.486 e. The molecule has 0 N–H and O–H groups in total. The fourth-order valence-corrected chi connectivity index (χ4v) is 3.78. The summed E-state index contributed by atoms with van der Waals surface area (Å²) in [5.41, 5.74) is 0.909. The lowest BCUT2D eigenvalue weighted by molar-refractivity contribution is 0.171. The van der Waals surface area contributed by atoms with Gasteiger partial charge in [0.1, 0.15) is 19.3 Å². The molecular formula is C17H16N2O4S. The minimum absolute atomic E-state index is 0.00698. The van der Waals surface area contributed by atoms with Crippen LogP contribution in [0.4, 0.5) is 0 Å². The largest absolute Gasteiger partial charge is 0.486 e. The fraction of sp³-hybridized carbons (Fsp3) is 0.235. The molecule has 6 nitrogen and oxygen atoms in total. The molecule has 1 aliphatic rings. The molecule has 0 saturated carbocycles. The summed E-state index contributed by atoms with van der Waals surface area (Å²) in [5, 5.41) is 9.12. The molecule has 0 unspecified atom stereocenters. The van der Waals surface area contributed by atoms with Crippen molar-refractivity contribution < 1.29 is 17.9 Å². The molecule has 124 valence electrons. The highest BCUT2D eigenvalue weighted by Crippen LogP contribution is 2.31. The molecule has 3 rings (SSSR count). The van der Waals surface area contributed by atoms with Crippen molar-refractivity contribution in [2.75, 3.05) is 20.3 Å².